The summed E-state index contributed by atoms with van der Waals surface area (Å²) in [5, 5.41) is 2.42. The van der Waals surface area contributed by atoms with Crippen molar-refractivity contribution in [3.63, 3.8) is 0 Å². The van der Waals surface area contributed by atoms with E-state index in [-0.39, 0.29) is 21.7 Å². The van der Waals surface area contributed by atoms with Gasteiger partial charge in [0.05, 0.1) is 10.8 Å². The van der Waals surface area contributed by atoms with Crippen molar-refractivity contribution in [1.82, 2.24) is 0 Å². The zero-order chi connectivity index (χ0) is 62.5. The van der Waals surface area contributed by atoms with Crippen LogP contribution in [0.1, 0.15) is 150 Å². The summed E-state index contributed by atoms with van der Waals surface area (Å²) in [5.41, 5.74) is 25.7. The minimum Gasteiger partial charge on any atom is -0.310 e. The average molecular weight is 1170 g/mol. The van der Waals surface area contributed by atoms with Crippen LogP contribution < -0.4 is 9.80 Å². The third kappa shape index (κ3) is 9.70. The van der Waals surface area contributed by atoms with Crippen LogP contribution in [0.3, 0.4) is 0 Å². The van der Waals surface area contributed by atoms with Gasteiger partial charge in [-0.1, -0.05) is 265 Å². The second-order valence-electron chi connectivity index (χ2n) is 29.4. The van der Waals surface area contributed by atoms with E-state index in [0.29, 0.717) is 0 Å². The van der Waals surface area contributed by atoms with Crippen molar-refractivity contribution < 1.29 is 0 Å². The molecule has 12 aromatic rings. The van der Waals surface area contributed by atoms with Crippen LogP contribution in [0.15, 0.2) is 279 Å². The molecular formula is C88H82N2. The number of fused-ring (bicyclic) bond motifs is 7. The predicted octanol–water partition coefficient (Wildman–Crippen LogP) is 23.7. The topological polar surface area (TPSA) is 6.48 Å². The smallest absolute Gasteiger partial charge is 0.0714 e. The standard InChI is InChI=1S/C88H82N2/c1-83(2,3)61-33-41-69(42-34-61)89(70-43-35-62(36-44-70)84(4,5)6)73-49-51-75-77-53-59-54-78-76-52-50-74(90(71-45-37-63(38-46-71)85(7,8)9)72-47-39-64(40-48-72)86(10,11)12)58-82(76)88(67-29-21-15-22-30-67,68-31-23-16-24-32-68)80(78)56-60(59)55-79(77)87(81(75)57-73,65-25-17-13-18-26-65)66-27-19-14-20-28-66/h13-58H,1-12H3. The molecule has 0 atom stereocenters. The second kappa shape index (κ2) is 21.6. The van der Waals surface area contributed by atoms with E-state index >= 15 is 0 Å². The Morgan fingerprint density at radius 3 is 0.678 bits per heavy atom. The molecule has 0 saturated heterocycles. The Morgan fingerprint density at radius 1 is 0.211 bits per heavy atom. The van der Waals surface area contributed by atoms with Gasteiger partial charge in [0.1, 0.15) is 0 Å². The van der Waals surface area contributed by atoms with Crippen molar-refractivity contribution in [2.24, 2.45) is 0 Å². The maximum atomic E-state index is 2.57. The molecule has 2 aliphatic rings. The Kier molecular flexibility index (Phi) is 14.0. The first-order valence-corrected chi connectivity index (χ1v) is 32.3. The minimum atomic E-state index is -0.679. The van der Waals surface area contributed by atoms with Crippen molar-refractivity contribution in [1.29, 1.82) is 0 Å². The monoisotopic (exact) mass is 1170 g/mol. The first-order valence-electron chi connectivity index (χ1n) is 32.3. The van der Waals surface area contributed by atoms with Crippen LogP contribution >= 0.6 is 0 Å². The zero-order valence-electron chi connectivity index (χ0n) is 54.5. The molecule has 2 heteroatoms. The van der Waals surface area contributed by atoms with Crippen molar-refractivity contribution in [2.75, 3.05) is 9.80 Å². The SMILES string of the molecule is CC(C)(C)c1ccc(N(c2ccc(C(C)(C)C)cc2)c2ccc3c(c2)C(c2ccccc2)(c2ccccc2)c2cc4cc5c(cc4cc2-3)-c2ccc(N(c3ccc(C(C)(C)C)cc3)c3ccc(C(C)(C)C)cc3)cc2C5(c2ccccc2)c2ccccc2)cc1. The Balaban J connectivity index is 1.02. The van der Waals surface area contributed by atoms with Gasteiger partial charge < -0.3 is 9.80 Å². The van der Waals surface area contributed by atoms with E-state index in [2.05, 4.69) is 372 Å². The molecular weight excluding hydrogens is 1080 g/mol. The van der Waals surface area contributed by atoms with Crippen LogP contribution in [0.2, 0.25) is 0 Å². The zero-order valence-corrected chi connectivity index (χ0v) is 54.5. The second-order valence-corrected chi connectivity index (χ2v) is 29.4. The first kappa shape index (κ1) is 58.2. The van der Waals surface area contributed by atoms with Gasteiger partial charge in [0.2, 0.25) is 0 Å². The summed E-state index contributed by atoms with van der Waals surface area (Å²) in [7, 11) is 0. The third-order valence-electron chi connectivity index (χ3n) is 19.6. The van der Waals surface area contributed by atoms with Crippen molar-refractivity contribution >= 4 is 44.9 Å². The van der Waals surface area contributed by atoms with Gasteiger partial charge in [-0.05, 0) is 219 Å². The Labute approximate surface area is 535 Å². The summed E-state index contributed by atoms with van der Waals surface area (Å²) in [5.74, 6) is 0. The molecule has 444 valence electrons. The first-order chi connectivity index (χ1) is 43.1. The maximum Gasteiger partial charge on any atom is 0.0714 e. The van der Waals surface area contributed by atoms with Gasteiger partial charge in [-0.15, -0.1) is 0 Å². The van der Waals surface area contributed by atoms with Gasteiger partial charge >= 0.3 is 0 Å². The Bertz CT molecular complexity index is 4120. The molecule has 0 spiro atoms. The number of nitrogens with zero attached hydrogens (tertiary/aromatic N) is 2. The highest BCUT2D eigenvalue weighted by atomic mass is 15.1. The molecule has 90 heavy (non-hydrogen) atoms. The molecule has 0 saturated carbocycles. The molecule has 0 amide bonds. The summed E-state index contributed by atoms with van der Waals surface area (Å²) >= 11 is 0. The lowest BCUT2D eigenvalue weighted by Crippen LogP contribution is -2.29. The van der Waals surface area contributed by atoms with E-state index in [0.717, 1.165) is 34.1 Å². The Morgan fingerprint density at radius 2 is 0.433 bits per heavy atom. The molecule has 0 N–H and O–H groups in total. The van der Waals surface area contributed by atoms with Gasteiger partial charge in [0.15, 0.2) is 0 Å². The lowest BCUT2D eigenvalue weighted by Gasteiger charge is -2.36. The predicted molar refractivity (Wildman–Crippen MR) is 383 cm³/mol. The Hall–Kier alpha value is -9.50. The van der Waals surface area contributed by atoms with Crippen molar-refractivity contribution in [2.45, 2.75) is 116 Å². The normalized spacial score (nSPS) is 14.0. The lowest BCUT2D eigenvalue weighted by molar-refractivity contribution is 0.590. The summed E-state index contributed by atoms with van der Waals surface area (Å²) in [4.78, 5) is 4.92. The molecule has 12 aromatic carbocycles. The molecule has 0 bridgehead atoms. The van der Waals surface area contributed by atoms with E-state index < -0.39 is 10.8 Å². The lowest BCUT2D eigenvalue weighted by atomic mass is 9.66. The van der Waals surface area contributed by atoms with Crippen LogP contribution in [-0.4, -0.2) is 0 Å². The summed E-state index contributed by atoms with van der Waals surface area (Å²) in [6.45, 7) is 27.5. The fourth-order valence-corrected chi connectivity index (χ4v) is 14.8. The molecule has 0 unspecified atom stereocenters. The number of rotatable bonds is 10. The van der Waals surface area contributed by atoms with Gasteiger partial charge in [0, 0.05) is 34.1 Å². The van der Waals surface area contributed by atoms with Crippen LogP contribution in [-0.2, 0) is 32.5 Å². The maximum absolute atomic E-state index is 2.57. The molecule has 2 aliphatic carbocycles. The van der Waals surface area contributed by atoms with E-state index in [1.807, 2.05) is 0 Å². The average Bonchev–Trinajstić information content (AvgIpc) is 1.47. The van der Waals surface area contributed by atoms with Crippen LogP contribution in [0, 0.1) is 0 Å². The minimum absolute atomic E-state index is 0.0185. The van der Waals surface area contributed by atoms with Crippen molar-refractivity contribution in [3.05, 3.63) is 346 Å². The van der Waals surface area contributed by atoms with Crippen LogP contribution in [0.4, 0.5) is 34.1 Å². The number of hydrogen-bond donors (Lipinski definition) is 0. The summed E-state index contributed by atoms with van der Waals surface area (Å²) < 4.78 is 0. The van der Waals surface area contributed by atoms with Gasteiger partial charge in [-0.2, -0.15) is 0 Å². The van der Waals surface area contributed by atoms with Crippen LogP contribution in [0.5, 0.6) is 0 Å². The molecule has 2 nitrogen and oxygen atoms in total. The van der Waals surface area contributed by atoms with Gasteiger partial charge in [-0.25, -0.2) is 0 Å². The van der Waals surface area contributed by atoms with E-state index in [9.17, 15) is 0 Å². The fourth-order valence-electron chi connectivity index (χ4n) is 14.8. The summed E-state index contributed by atoms with van der Waals surface area (Å²) in [6.07, 6.45) is 0. The van der Waals surface area contributed by atoms with Gasteiger partial charge in [-0.3, -0.25) is 0 Å². The van der Waals surface area contributed by atoms with E-state index in [1.54, 1.807) is 0 Å². The molecule has 0 heterocycles. The molecule has 0 fully saturated rings. The van der Waals surface area contributed by atoms with Crippen molar-refractivity contribution in [3.8, 4) is 22.3 Å². The molecule has 0 aromatic heterocycles. The van der Waals surface area contributed by atoms with E-state index in [1.165, 1.54) is 99.8 Å². The third-order valence-corrected chi connectivity index (χ3v) is 19.6. The molecule has 0 aliphatic heterocycles. The van der Waals surface area contributed by atoms with Crippen LogP contribution in [0.25, 0.3) is 33.0 Å². The number of hydrogen-bond acceptors (Lipinski definition) is 2. The van der Waals surface area contributed by atoms with Gasteiger partial charge in [0.25, 0.3) is 0 Å². The molecule has 0 radical (unpaired) electrons. The quantitative estimate of drug-likeness (QED) is 0.135. The number of benzene rings is 12. The fraction of sp³-hybridized carbons (Fsp3) is 0.205. The number of anilines is 6. The molecule has 14 rings (SSSR count). The highest BCUT2D eigenvalue weighted by Crippen LogP contribution is 2.61. The van der Waals surface area contributed by atoms with E-state index in [4.69, 9.17) is 0 Å². The highest BCUT2D eigenvalue weighted by molar-refractivity contribution is 6.02. The largest absolute Gasteiger partial charge is 0.310 e. The highest BCUT2D eigenvalue weighted by Gasteiger charge is 2.49. The summed E-state index contributed by atoms with van der Waals surface area (Å²) in [6, 6.07) is 107.